The highest BCUT2D eigenvalue weighted by Gasteiger charge is 2.41. The molecule has 0 aromatic rings. The molecule has 1 saturated carbocycles. The van der Waals surface area contributed by atoms with E-state index in [4.69, 9.17) is 5.73 Å². The van der Waals surface area contributed by atoms with Gasteiger partial charge in [0.05, 0.1) is 0 Å². The summed E-state index contributed by atoms with van der Waals surface area (Å²) in [6, 6.07) is 0. The highest BCUT2D eigenvalue weighted by atomic mass is 16.2. The van der Waals surface area contributed by atoms with E-state index in [1.807, 2.05) is 0 Å². The van der Waals surface area contributed by atoms with Crippen LogP contribution in [0.25, 0.3) is 0 Å². The van der Waals surface area contributed by atoms with Crippen molar-refractivity contribution in [3.05, 3.63) is 0 Å². The van der Waals surface area contributed by atoms with Gasteiger partial charge in [-0.15, -0.1) is 0 Å². The van der Waals surface area contributed by atoms with Gasteiger partial charge in [0.1, 0.15) is 0 Å². The van der Waals surface area contributed by atoms with Crippen LogP contribution in [0.1, 0.15) is 46.0 Å². The zero-order valence-electron chi connectivity index (χ0n) is 11.2. The maximum absolute atomic E-state index is 11.9. The van der Waals surface area contributed by atoms with E-state index in [9.17, 15) is 4.79 Å². The summed E-state index contributed by atoms with van der Waals surface area (Å²) >= 11 is 0. The van der Waals surface area contributed by atoms with Crippen molar-refractivity contribution >= 4 is 5.91 Å². The highest BCUT2D eigenvalue weighted by Crippen LogP contribution is 2.47. The molecule has 1 saturated heterocycles. The van der Waals surface area contributed by atoms with E-state index in [1.54, 1.807) is 0 Å². The molecular weight excluding hydrogens is 212 g/mol. The van der Waals surface area contributed by atoms with Crippen molar-refractivity contribution in [3.8, 4) is 0 Å². The van der Waals surface area contributed by atoms with Gasteiger partial charge in [-0.25, -0.2) is 0 Å². The molecule has 0 aromatic heterocycles. The monoisotopic (exact) mass is 238 g/mol. The number of nitrogens with two attached hydrogens (primary N) is 1. The fraction of sp³-hybridized carbons (Fsp3) is 0.929. The van der Waals surface area contributed by atoms with Gasteiger partial charge < -0.3 is 10.6 Å². The fourth-order valence-electron chi connectivity index (χ4n) is 3.54. The lowest BCUT2D eigenvalue weighted by atomic mass is 9.64. The van der Waals surface area contributed by atoms with Gasteiger partial charge in [-0.2, -0.15) is 0 Å². The smallest absolute Gasteiger partial charge is 0.222 e. The second-order valence-corrected chi connectivity index (χ2v) is 6.53. The van der Waals surface area contributed by atoms with Crippen LogP contribution in [0.4, 0.5) is 0 Å². The molecule has 1 heterocycles. The van der Waals surface area contributed by atoms with E-state index in [0.717, 1.165) is 19.0 Å². The van der Waals surface area contributed by atoms with Crippen LogP contribution in [0.15, 0.2) is 0 Å². The number of rotatable bonds is 5. The predicted octanol–water partition coefficient (Wildman–Crippen LogP) is 2.01. The maximum atomic E-state index is 11.9. The van der Waals surface area contributed by atoms with E-state index in [0.29, 0.717) is 30.2 Å². The molecule has 1 atom stereocenters. The molecule has 1 aliphatic carbocycles. The van der Waals surface area contributed by atoms with Crippen molar-refractivity contribution in [2.45, 2.75) is 46.0 Å². The van der Waals surface area contributed by atoms with Crippen LogP contribution in [-0.4, -0.2) is 30.4 Å². The fourth-order valence-corrected chi connectivity index (χ4v) is 3.54. The number of nitrogens with zero attached hydrogens (tertiary/aromatic N) is 1. The average molecular weight is 238 g/mol. The number of hydrogen-bond acceptors (Lipinski definition) is 2. The van der Waals surface area contributed by atoms with E-state index in [-0.39, 0.29) is 0 Å². The number of carbonyl (C=O) groups excluding carboxylic acids is 1. The third-order valence-electron chi connectivity index (χ3n) is 4.41. The highest BCUT2D eigenvalue weighted by molar-refractivity contribution is 5.78. The molecule has 1 aliphatic heterocycles. The van der Waals surface area contributed by atoms with E-state index >= 15 is 0 Å². The lowest BCUT2D eigenvalue weighted by molar-refractivity contribution is -0.130. The molecule has 1 amide bonds. The first-order valence-corrected chi connectivity index (χ1v) is 7.02. The molecule has 3 nitrogen and oxygen atoms in total. The van der Waals surface area contributed by atoms with Crippen molar-refractivity contribution in [2.24, 2.45) is 23.0 Å². The maximum Gasteiger partial charge on any atom is 0.222 e. The van der Waals surface area contributed by atoms with Crippen LogP contribution in [-0.2, 0) is 4.79 Å². The Kier molecular flexibility index (Phi) is 3.76. The van der Waals surface area contributed by atoms with Gasteiger partial charge in [0.2, 0.25) is 5.91 Å². The van der Waals surface area contributed by atoms with Crippen LogP contribution >= 0.6 is 0 Å². The normalized spacial score (nSPS) is 27.6. The molecule has 2 N–H and O–H groups in total. The Bertz CT molecular complexity index is 284. The molecule has 0 aromatic carbocycles. The number of likely N-dealkylation sites (tertiary alicyclic amines) is 1. The first kappa shape index (κ1) is 12.9. The van der Waals surface area contributed by atoms with Gasteiger partial charge in [0.25, 0.3) is 0 Å². The predicted molar refractivity (Wildman–Crippen MR) is 69.5 cm³/mol. The molecule has 0 spiro atoms. The molecule has 2 aliphatic rings. The van der Waals surface area contributed by atoms with Gasteiger partial charge in [-0.1, -0.05) is 20.3 Å². The zero-order valence-corrected chi connectivity index (χ0v) is 11.2. The summed E-state index contributed by atoms with van der Waals surface area (Å²) in [5.74, 6) is 1.47. The lowest BCUT2D eigenvalue weighted by Crippen LogP contribution is -2.44. The molecular formula is C14H26N2O. The van der Waals surface area contributed by atoms with E-state index in [2.05, 4.69) is 18.7 Å². The first-order valence-electron chi connectivity index (χ1n) is 7.02. The topological polar surface area (TPSA) is 46.3 Å². The first-order chi connectivity index (χ1) is 8.04. The lowest BCUT2D eigenvalue weighted by Gasteiger charge is -2.45. The van der Waals surface area contributed by atoms with Crippen molar-refractivity contribution in [1.82, 2.24) is 4.90 Å². The molecule has 17 heavy (non-hydrogen) atoms. The summed E-state index contributed by atoms with van der Waals surface area (Å²) in [4.78, 5) is 14.0. The number of amides is 1. The summed E-state index contributed by atoms with van der Waals surface area (Å²) in [6.07, 6.45) is 5.90. The standard InChI is InChI=1S/C14H26N2O/c1-11(2)7-14(4-3-5-14)10-16-9-12(8-15)6-13(16)17/h11-12H,3-10,15H2,1-2H3. The van der Waals surface area contributed by atoms with Gasteiger partial charge in [-0.05, 0) is 43.1 Å². The van der Waals surface area contributed by atoms with Crippen molar-refractivity contribution in [1.29, 1.82) is 0 Å². The van der Waals surface area contributed by atoms with E-state index < -0.39 is 0 Å². The third kappa shape index (κ3) is 2.82. The van der Waals surface area contributed by atoms with E-state index in [1.165, 1.54) is 25.7 Å². The van der Waals surface area contributed by atoms with Gasteiger partial charge >= 0.3 is 0 Å². The van der Waals surface area contributed by atoms with Crippen LogP contribution in [0.5, 0.6) is 0 Å². The number of carbonyl (C=O) groups is 1. The van der Waals surface area contributed by atoms with Crippen LogP contribution in [0.3, 0.4) is 0 Å². The third-order valence-corrected chi connectivity index (χ3v) is 4.41. The van der Waals surface area contributed by atoms with Crippen LogP contribution in [0.2, 0.25) is 0 Å². The summed E-state index contributed by atoms with van der Waals surface area (Å²) in [6.45, 7) is 7.11. The Morgan fingerprint density at radius 1 is 1.47 bits per heavy atom. The Morgan fingerprint density at radius 2 is 2.18 bits per heavy atom. The quantitative estimate of drug-likeness (QED) is 0.796. The Hall–Kier alpha value is -0.570. The summed E-state index contributed by atoms with van der Waals surface area (Å²) < 4.78 is 0. The Balaban J connectivity index is 1.93. The molecule has 2 rings (SSSR count). The van der Waals surface area contributed by atoms with Crippen molar-refractivity contribution in [3.63, 3.8) is 0 Å². The van der Waals surface area contributed by atoms with Gasteiger partial charge in [0.15, 0.2) is 0 Å². The molecule has 3 heteroatoms. The second kappa shape index (κ2) is 4.97. The molecule has 0 radical (unpaired) electrons. The van der Waals surface area contributed by atoms with Gasteiger partial charge in [-0.3, -0.25) is 4.79 Å². The van der Waals surface area contributed by atoms with Crippen molar-refractivity contribution in [2.75, 3.05) is 19.6 Å². The van der Waals surface area contributed by atoms with Crippen LogP contribution < -0.4 is 5.73 Å². The van der Waals surface area contributed by atoms with Crippen LogP contribution in [0, 0.1) is 17.3 Å². The molecule has 98 valence electrons. The summed E-state index contributed by atoms with van der Waals surface area (Å²) in [5.41, 5.74) is 6.11. The largest absolute Gasteiger partial charge is 0.342 e. The molecule has 0 bridgehead atoms. The van der Waals surface area contributed by atoms with Gasteiger partial charge in [0, 0.05) is 19.5 Å². The Morgan fingerprint density at radius 3 is 2.59 bits per heavy atom. The minimum atomic E-state index is 0.329. The minimum absolute atomic E-state index is 0.329. The summed E-state index contributed by atoms with van der Waals surface area (Å²) in [5, 5.41) is 0. The zero-order chi connectivity index (χ0) is 12.5. The number of hydrogen-bond donors (Lipinski definition) is 1. The molecule has 1 unspecified atom stereocenters. The SMILES string of the molecule is CC(C)CC1(CN2CC(CN)CC2=O)CCC1. The van der Waals surface area contributed by atoms with Crippen molar-refractivity contribution < 1.29 is 4.79 Å². The minimum Gasteiger partial charge on any atom is -0.342 e. The molecule has 2 fully saturated rings. The second-order valence-electron chi connectivity index (χ2n) is 6.53. The Labute approximate surface area is 105 Å². The average Bonchev–Trinajstić information content (AvgIpc) is 2.55. The summed E-state index contributed by atoms with van der Waals surface area (Å²) in [7, 11) is 0.